The van der Waals surface area contributed by atoms with Crippen molar-refractivity contribution in [2.45, 2.75) is 0 Å². The first-order valence-electron chi connectivity index (χ1n) is 4.49. The number of hydrogen-bond acceptors (Lipinski definition) is 3. The molecule has 0 radical (unpaired) electrons. The Labute approximate surface area is 97.6 Å². The van der Waals surface area contributed by atoms with E-state index in [1.807, 2.05) is 12.1 Å². The normalized spacial score (nSPS) is 9.80. The van der Waals surface area contributed by atoms with Gasteiger partial charge in [-0.2, -0.15) is 0 Å². The summed E-state index contributed by atoms with van der Waals surface area (Å²) in [6, 6.07) is 5.50. The SMILES string of the molecule is CN(C)C(=O)CNc1ccc(Br)cc1N. The summed E-state index contributed by atoms with van der Waals surface area (Å²) in [5.74, 6) is 0.0114. The van der Waals surface area contributed by atoms with E-state index in [0.29, 0.717) is 5.69 Å². The van der Waals surface area contributed by atoms with Crippen LogP contribution in [0.3, 0.4) is 0 Å². The van der Waals surface area contributed by atoms with Crippen molar-refractivity contribution in [2.24, 2.45) is 0 Å². The molecule has 82 valence electrons. The first-order valence-corrected chi connectivity index (χ1v) is 5.29. The molecule has 0 atom stereocenters. The monoisotopic (exact) mass is 271 g/mol. The number of hydrogen-bond donors (Lipinski definition) is 2. The van der Waals surface area contributed by atoms with Crippen molar-refractivity contribution in [1.82, 2.24) is 4.90 Å². The van der Waals surface area contributed by atoms with Crippen LogP contribution in [-0.4, -0.2) is 31.4 Å². The van der Waals surface area contributed by atoms with Crippen molar-refractivity contribution in [2.75, 3.05) is 31.7 Å². The van der Waals surface area contributed by atoms with Crippen molar-refractivity contribution in [1.29, 1.82) is 0 Å². The Morgan fingerprint density at radius 2 is 2.20 bits per heavy atom. The van der Waals surface area contributed by atoms with Crippen LogP contribution in [0, 0.1) is 0 Å². The fourth-order valence-electron chi connectivity index (χ4n) is 1.02. The number of nitrogens with one attached hydrogen (secondary N) is 1. The second-order valence-corrected chi connectivity index (χ2v) is 4.29. The van der Waals surface area contributed by atoms with Gasteiger partial charge in [0.2, 0.25) is 5.91 Å². The minimum atomic E-state index is 0.0114. The van der Waals surface area contributed by atoms with Crippen molar-refractivity contribution >= 4 is 33.2 Å². The van der Waals surface area contributed by atoms with Crippen LogP contribution < -0.4 is 11.1 Å². The van der Waals surface area contributed by atoms with E-state index in [1.54, 1.807) is 20.2 Å². The second kappa shape index (κ2) is 5.02. The van der Waals surface area contributed by atoms with Crippen molar-refractivity contribution in [3.05, 3.63) is 22.7 Å². The Bertz CT molecular complexity index is 366. The summed E-state index contributed by atoms with van der Waals surface area (Å²) in [4.78, 5) is 12.8. The number of amides is 1. The Kier molecular flexibility index (Phi) is 3.96. The molecule has 0 fully saturated rings. The van der Waals surface area contributed by atoms with Crippen LogP contribution in [0.5, 0.6) is 0 Å². The number of nitrogens with zero attached hydrogens (tertiary/aromatic N) is 1. The summed E-state index contributed by atoms with van der Waals surface area (Å²) in [7, 11) is 3.43. The third kappa shape index (κ3) is 3.43. The van der Waals surface area contributed by atoms with E-state index in [1.165, 1.54) is 4.90 Å². The highest BCUT2D eigenvalue weighted by molar-refractivity contribution is 9.10. The largest absolute Gasteiger partial charge is 0.397 e. The molecule has 0 unspecified atom stereocenters. The standard InChI is InChI=1S/C10H14BrN3O/c1-14(2)10(15)6-13-9-4-3-7(11)5-8(9)12/h3-5,13H,6,12H2,1-2H3. The molecule has 0 bridgehead atoms. The summed E-state index contributed by atoms with van der Waals surface area (Å²) in [6.45, 7) is 0.249. The number of carbonyl (C=O) groups is 1. The van der Waals surface area contributed by atoms with Gasteiger partial charge in [-0.15, -0.1) is 0 Å². The topological polar surface area (TPSA) is 58.4 Å². The molecule has 3 N–H and O–H groups in total. The maximum absolute atomic E-state index is 11.3. The molecule has 4 nitrogen and oxygen atoms in total. The minimum absolute atomic E-state index is 0.0114. The average molecular weight is 272 g/mol. The lowest BCUT2D eigenvalue weighted by Gasteiger charge is -2.13. The zero-order valence-corrected chi connectivity index (χ0v) is 10.3. The smallest absolute Gasteiger partial charge is 0.241 e. The Morgan fingerprint density at radius 3 is 2.73 bits per heavy atom. The Balaban J connectivity index is 2.62. The molecule has 0 aliphatic carbocycles. The molecular formula is C10H14BrN3O. The molecule has 1 amide bonds. The van der Waals surface area contributed by atoms with Gasteiger partial charge in [0, 0.05) is 18.6 Å². The quantitative estimate of drug-likeness (QED) is 0.820. The third-order valence-electron chi connectivity index (χ3n) is 1.94. The fourth-order valence-corrected chi connectivity index (χ4v) is 1.40. The number of anilines is 2. The lowest BCUT2D eigenvalue weighted by molar-refractivity contribution is -0.126. The molecule has 5 heteroatoms. The molecule has 15 heavy (non-hydrogen) atoms. The van der Waals surface area contributed by atoms with Gasteiger partial charge in [-0.3, -0.25) is 4.79 Å². The van der Waals surface area contributed by atoms with Crippen LogP contribution in [0.15, 0.2) is 22.7 Å². The summed E-state index contributed by atoms with van der Waals surface area (Å²) in [5.41, 5.74) is 7.16. The minimum Gasteiger partial charge on any atom is -0.397 e. The van der Waals surface area contributed by atoms with Gasteiger partial charge in [-0.1, -0.05) is 15.9 Å². The Morgan fingerprint density at radius 1 is 1.53 bits per heavy atom. The molecule has 0 spiro atoms. The summed E-state index contributed by atoms with van der Waals surface area (Å²) >= 11 is 3.32. The van der Waals surface area contributed by atoms with Crippen LogP contribution >= 0.6 is 15.9 Å². The van der Waals surface area contributed by atoms with E-state index in [2.05, 4.69) is 21.2 Å². The zero-order chi connectivity index (χ0) is 11.4. The highest BCUT2D eigenvalue weighted by atomic mass is 79.9. The maximum Gasteiger partial charge on any atom is 0.241 e. The highest BCUT2D eigenvalue weighted by Gasteiger charge is 2.04. The fraction of sp³-hybridized carbons (Fsp3) is 0.300. The van der Waals surface area contributed by atoms with Gasteiger partial charge in [0.15, 0.2) is 0 Å². The molecule has 1 aromatic carbocycles. The van der Waals surface area contributed by atoms with Crippen LogP contribution in [0.1, 0.15) is 0 Å². The van der Waals surface area contributed by atoms with Gasteiger partial charge < -0.3 is 16.0 Å². The second-order valence-electron chi connectivity index (χ2n) is 3.37. The van der Waals surface area contributed by atoms with Crippen LogP contribution in [0.25, 0.3) is 0 Å². The predicted molar refractivity (Wildman–Crippen MR) is 65.7 cm³/mol. The van der Waals surface area contributed by atoms with Gasteiger partial charge in [0.25, 0.3) is 0 Å². The van der Waals surface area contributed by atoms with E-state index >= 15 is 0 Å². The Hall–Kier alpha value is -1.23. The van der Waals surface area contributed by atoms with E-state index in [4.69, 9.17) is 5.73 Å². The maximum atomic E-state index is 11.3. The molecule has 1 aromatic rings. The van der Waals surface area contributed by atoms with Crippen LogP contribution in [-0.2, 0) is 4.79 Å². The molecule has 0 saturated heterocycles. The van der Waals surface area contributed by atoms with Gasteiger partial charge in [-0.05, 0) is 18.2 Å². The van der Waals surface area contributed by atoms with Crippen molar-refractivity contribution in [3.8, 4) is 0 Å². The van der Waals surface area contributed by atoms with Crippen molar-refractivity contribution in [3.63, 3.8) is 0 Å². The molecule has 0 aliphatic heterocycles. The number of rotatable bonds is 3. The first-order chi connectivity index (χ1) is 7.00. The number of carbonyl (C=O) groups excluding carboxylic acids is 1. The van der Waals surface area contributed by atoms with E-state index < -0.39 is 0 Å². The van der Waals surface area contributed by atoms with E-state index in [0.717, 1.165) is 10.2 Å². The van der Waals surface area contributed by atoms with Gasteiger partial charge in [0.05, 0.1) is 17.9 Å². The summed E-state index contributed by atoms with van der Waals surface area (Å²) < 4.78 is 0.921. The van der Waals surface area contributed by atoms with Gasteiger partial charge in [0.1, 0.15) is 0 Å². The molecule has 0 aliphatic rings. The van der Waals surface area contributed by atoms with Crippen LogP contribution in [0.4, 0.5) is 11.4 Å². The summed E-state index contributed by atoms with van der Waals surface area (Å²) in [5, 5.41) is 2.98. The lowest BCUT2D eigenvalue weighted by atomic mass is 10.2. The van der Waals surface area contributed by atoms with Gasteiger partial charge in [-0.25, -0.2) is 0 Å². The van der Waals surface area contributed by atoms with E-state index in [-0.39, 0.29) is 12.5 Å². The molecular weight excluding hydrogens is 258 g/mol. The lowest BCUT2D eigenvalue weighted by Crippen LogP contribution is -2.28. The number of nitrogens with two attached hydrogens (primary N) is 1. The first kappa shape index (κ1) is 11.8. The predicted octanol–water partition coefficient (Wildman–Crippen LogP) is 1.53. The number of nitrogen functional groups attached to an aromatic ring is 1. The number of likely N-dealkylation sites (N-methyl/N-ethyl adjacent to an activating group) is 1. The number of halogens is 1. The highest BCUT2D eigenvalue weighted by Crippen LogP contribution is 2.22. The van der Waals surface area contributed by atoms with Crippen LogP contribution in [0.2, 0.25) is 0 Å². The summed E-state index contributed by atoms with van der Waals surface area (Å²) in [6.07, 6.45) is 0. The third-order valence-corrected chi connectivity index (χ3v) is 2.44. The zero-order valence-electron chi connectivity index (χ0n) is 8.75. The van der Waals surface area contributed by atoms with Gasteiger partial charge >= 0.3 is 0 Å². The molecule has 0 saturated carbocycles. The molecule has 0 heterocycles. The molecule has 0 aromatic heterocycles. The van der Waals surface area contributed by atoms with E-state index in [9.17, 15) is 4.79 Å². The van der Waals surface area contributed by atoms with Crippen molar-refractivity contribution < 1.29 is 4.79 Å². The average Bonchev–Trinajstić information content (AvgIpc) is 2.15. The molecule has 1 rings (SSSR count). The number of benzene rings is 1.